The van der Waals surface area contributed by atoms with Gasteiger partial charge in [0, 0.05) is 11.2 Å². The predicted molar refractivity (Wildman–Crippen MR) is 119 cm³/mol. The molecular formula is C25H27NOS. The quantitative estimate of drug-likeness (QED) is 0.484. The number of fused-ring (bicyclic) bond motifs is 1. The lowest BCUT2D eigenvalue weighted by atomic mass is 9.97. The summed E-state index contributed by atoms with van der Waals surface area (Å²) in [4.78, 5) is 13.9. The summed E-state index contributed by atoms with van der Waals surface area (Å²) in [6.45, 7) is 2.83. The van der Waals surface area contributed by atoms with Crippen molar-refractivity contribution in [1.29, 1.82) is 0 Å². The zero-order chi connectivity index (χ0) is 19.3. The average molecular weight is 390 g/mol. The highest BCUT2D eigenvalue weighted by Gasteiger charge is 2.18. The Morgan fingerprint density at radius 1 is 1.07 bits per heavy atom. The third kappa shape index (κ3) is 4.36. The van der Waals surface area contributed by atoms with Gasteiger partial charge in [-0.2, -0.15) is 0 Å². The number of carbonyl (C=O) groups excluding carboxylic acids is 1. The van der Waals surface area contributed by atoms with Crippen LogP contribution in [0.5, 0.6) is 0 Å². The lowest BCUT2D eigenvalue weighted by molar-refractivity contribution is 0.0957. The van der Waals surface area contributed by atoms with Gasteiger partial charge in [0.1, 0.15) is 0 Å². The highest BCUT2D eigenvalue weighted by Crippen LogP contribution is 2.33. The maximum Gasteiger partial charge on any atom is 0.261 e. The Morgan fingerprint density at radius 2 is 1.89 bits per heavy atom. The molecule has 0 spiro atoms. The van der Waals surface area contributed by atoms with Crippen LogP contribution in [0.15, 0.2) is 60.2 Å². The van der Waals surface area contributed by atoms with Crippen LogP contribution in [-0.4, -0.2) is 12.5 Å². The number of aryl methyl sites for hydroxylation is 1. The number of carbonyl (C=O) groups is 1. The van der Waals surface area contributed by atoms with Crippen LogP contribution in [0, 0.1) is 6.92 Å². The number of amides is 1. The molecule has 3 aromatic rings. The molecule has 0 bridgehead atoms. The molecule has 1 aliphatic rings. The second-order valence-electron chi connectivity index (χ2n) is 7.68. The van der Waals surface area contributed by atoms with Crippen molar-refractivity contribution in [2.75, 3.05) is 6.54 Å². The summed E-state index contributed by atoms with van der Waals surface area (Å²) in [6, 6.07) is 17.0. The molecule has 0 aliphatic heterocycles. The van der Waals surface area contributed by atoms with Gasteiger partial charge in [0.2, 0.25) is 0 Å². The molecule has 2 aromatic carbocycles. The van der Waals surface area contributed by atoms with Gasteiger partial charge in [-0.3, -0.25) is 4.79 Å². The summed E-state index contributed by atoms with van der Waals surface area (Å²) in [6.07, 6.45) is 9.11. The highest BCUT2D eigenvalue weighted by molar-refractivity contribution is 7.21. The number of hydrogen-bond donors (Lipinski definition) is 1. The summed E-state index contributed by atoms with van der Waals surface area (Å²) >= 11 is 1.61. The van der Waals surface area contributed by atoms with Crippen molar-refractivity contribution in [2.45, 2.75) is 45.4 Å². The number of hydrogen-bond acceptors (Lipinski definition) is 2. The van der Waals surface area contributed by atoms with Crippen LogP contribution in [-0.2, 0) is 6.42 Å². The van der Waals surface area contributed by atoms with Crippen molar-refractivity contribution in [3.05, 3.63) is 81.7 Å². The maximum absolute atomic E-state index is 13.0. The second kappa shape index (κ2) is 8.74. The van der Waals surface area contributed by atoms with E-state index in [1.807, 2.05) is 6.07 Å². The van der Waals surface area contributed by atoms with Crippen molar-refractivity contribution >= 4 is 27.3 Å². The highest BCUT2D eigenvalue weighted by atomic mass is 32.1. The van der Waals surface area contributed by atoms with E-state index in [-0.39, 0.29) is 5.91 Å². The minimum Gasteiger partial charge on any atom is -0.351 e. The van der Waals surface area contributed by atoms with E-state index in [0.29, 0.717) is 0 Å². The molecule has 1 aromatic heterocycles. The Balaban J connectivity index is 1.54. The average Bonchev–Trinajstić information content (AvgIpc) is 3.09. The first-order valence-corrected chi connectivity index (χ1v) is 11.0. The Morgan fingerprint density at radius 3 is 2.68 bits per heavy atom. The first kappa shape index (κ1) is 18.9. The van der Waals surface area contributed by atoms with Gasteiger partial charge in [-0.05, 0) is 68.0 Å². The molecule has 144 valence electrons. The van der Waals surface area contributed by atoms with Crippen LogP contribution in [0.4, 0.5) is 0 Å². The van der Waals surface area contributed by atoms with Crippen molar-refractivity contribution < 1.29 is 4.79 Å². The largest absolute Gasteiger partial charge is 0.351 e. The Kier molecular flexibility index (Phi) is 5.92. The van der Waals surface area contributed by atoms with Crippen molar-refractivity contribution in [3.8, 4) is 0 Å². The van der Waals surface area contributed by atoms with Crippen LogP contribution in [0.2, 0.25) is 0 Å². The van der Waals surface area contributed by atoms with Crippen molar-refractivity contribution in [2.24, 2.45) is 0 Å². The maximum atomic E-state index is 13.0. The number of benzene rings is 2. The van der Waals surface area contributed by atoms with E-state index >= 15 is 0 Å². The van der Waals surface area contributed by atoms with E-state index in [1.165, 1.54) is 52.5 Å². The Bertz CT molecular complexity index is 997. The van der Waals surface area contributed by atoms with Crippen LogP contribution in [0.25, 0.3) is 10.1 Å². The monoisotopic (exact) mass is 389 g/mol. The second-order valence-corrected chi connectivity index (χ2v) is 8.73. The molecular weight excluding hydrogens is 362 g/mol. The first-order valence-electron chi connectivity index (χ1n) is 10.2. The number of rotatable bonds is 6. The predicted octanol–water partition coefficient (Wildman–Crippen LogP) is 6.42. The standard InChI is InChI=1S/C25H27NOS/c1-18-11-13-20(14-12-18)17-22-21-9-5-6-10-23(21)28-24(22)25(27)26-16-15-19-7-3-2-4-8-19/h5-7,9-14H,2-4,8,15-17H2,1H3,(H,26,27). The SMILES string of the molecule is Cc1ccc(Cc2c(C(=O)NCCC3=CCCCC3)sc3ccccc23)cc1. The minimum atomic E-state index is 0.0692. The number of thiophene rings is 1. The summed E-state index contributed by atoms with van der Waals surface area (Å²) in [5, 5.41) is 4.38. The molecule has 0 unspecified atom stereocenters. The topological polar surface area (TPSA) is 29.1 Å². The van der Waals surface area contributed by atoms with E-state index in [4.69, 9.17) is 0 Å². The molecule has 0 saturated carbocycles. The van der Waals surface area contributed by atoms with Crippen LogP contribution >= 0.6 is 11.3 Å². The zero-order valence-electron chi connectivity index (χ0n) is 16.5. The van der Waals surface area contributed by atoms with Gasteiger partial charge >= 0.3 is 0 Å². The molecule has 2 nitrogen and oxygen atoms in total. The van der Waals surface area contributed by atoms with Crippen LogP contribution in [0.1, 0.15) is 58.5 Å². The molecule has 1 amide bonds. The summed E-state index contributed by atoms with van der Waals surface area (Å²) in [7, 11) is 0. The van der Waals surface area contributed by atoms with E-state index in [2.05, 4.69) is 60.8 Å². The Labute approximate surface area is 171 Å². The normalized spacial score (nSPS) is 14.1. The first-order chi connectivity index (χ1) is 13.7. The van der Waals surface area contributed by atoms with Crippen LogP contribution in [0.3, 0.4) is 0 Å². The van der Waals surface area contributed by atoms with Gasteiger partial charge in [-0.1, -0.05) is 59.7 Å². The fourth-order valence-corrected chi connectivity index (χ4v) is 5.05. The third-order valence-corrected chi connectivity index (χ3v) is 6.73. The lowest BCUT2D eigenvalue weighted by Crippen LogP contribution is -2.25. The smallest absolute Gasteiger partial charge is 0.261 e. The van der Waals surface area contributed by atoms with E-state index in [9.17, 15) is 4.79 Å². The van der Waals surface area contributed by atoms with Gasteiger partial charge in [0.15, 0.2) is 0 Å². The van der Waals surface area contributed by atoms with Gasteiger partial charge < -0.3 is 5.32 Å². The van der Waals surface area contributed by atoms with Gasteiger partial charge in [0.05, 0.1) is 4.88 Å². The molecule has 1 aliphatic carbocycles. The molecule has 0 radical (unpaired) electrons. The molecule has 0 atom stereocenters. The minimum absolute atomic E-state index is 0.0692. The fourth-order valence-electron chi connectivity index (χ4n) is 3.92. The molecule has 4 rings (SSSR count). The van der Waals surface area contributed by atoms with Gasteiger partial charge in [0.25, 0.3) is 5.91 Å². The summed E-state index contributed by atoms with van der Waals surface area (Å²) in [5.74, 6) is 0.0692. The van der Waals surface area contributed by atoms with Gasteiger partial charge in [-0.25, -0.2) is 0 Å². The summed E-state index contributed by atoms with van der Waals surface area (Å²) < 4.78 is 1.18. The Hall–Kier alpha value is -2.39. The van der Waals surface area contributed by atoms with E-state index < -0.39 is 0 Å². The van der Waals surface area contributed by atoms with Gasteiger partial charge in [-0.15, -0.1) is 11.3 Å². The molecule has 1 heterocycles. The number of nitrogens with one attached hydrogen (secondary N) is 1. The molecule has 1 N–H and O–H groups in total. The molecule has 3 heteroatoms. The number of allylic oxidation sites excluding steroid dienone is 1. The fraction of sp³-hybridized carbons (Fsp3) is 0.320. The van der Waals surface area contributed by atoms with E-state index in [1.54, 1.807) is 11.3 Å². The summed E-state index contributed by atoms with van der Waals surface area (Å²) in [5.41, 5.74) is 5.16. The molecule has 0 saturated heterocycles. The lowest BCUT2D eigenvalue weighted by Gasteiger charge is -2.13. The third-order valence-electron chi connectivity index (χ3n) is 5.52. The molecule has 28 heavy (non-hydrogen) atoms. The van der Waals surface area contributed by atoms with Crippen molar-refractivity contribution in [3.63, 3.8) is 0 Å². The van der Waals surface area contributed by atoms with E-state index in [0.717, 1.165) is 29.8 Å². The van der Waals surface area contributed by atoms with Crippen molar-refractivity contribution in [1.82, 2.24) is 5.32 Å². The zero-order valence-corrected chi connectivity index (χ0v) is 17.3. The molecule has 0 fully saturated rings. The van der Waals surface area contributed by atoms with Crippen LogP contribution < -0.4 is 5.32 Å².